The highest BCUT2D eigenvalue weighted by atomic mass is 35.5. The molecule has 1 fully saturated rings. The van der Waals surface area contributed by atoms with Gasteiger partial charge in [-0.15, -0.1) is 0 Å². The van der Waals surface area contributed by atoms with E-state index in [1.165, 1.54) is 25.7 Å². The molecule has 3 nitrogen and oxygen atoms in total. The van der Waals surface area contributed by atoms with Crippen LogP contribution < -0.4 is 5.73 Å². The van der Waals surface area contributed by atoms with Crippen LogP contribution in [0.2, 0.25) is 5.02 Å². The fourth-order valence-electron chi connectivity index (χ4n) is 2.94. The van der Waals surface area contributed by atoms with E-state index in [0.29, 0.717) is 6.04 Å². The first-order valence-corrected chi connectivity index (χ1v) is 7.65. The lowest BCUT2D eigenvalue weighted by Gasteiger charge is -2.12. The minimum absolute atomic E-state index is 0.0550. The van der Waals surface area contributed by atoms with E-state index < -0.39 is 0 Å². The normalized spacial score (nSPS) is 17.5. The molecule has 1 unspecified atom stereocenters. The van der Waals surface area contributed by atoms with Crippen molar-refractivity contribution >= 4 is 11.6 Å². The molecule has 20 heavy (non-hydrogen) atoms. The third kappa shape index (κ3) is 3.05. The molecule has 1 saturated carbocycles. The molecular weight excluding hydrogens is 270 g/mol. The van der Waals surface area contributed by atoms with Crippen LogP contribution in [0.1, 0.15) is 49.0 Å². The van der Waals surface area contributed by atoms with E-state index in [0.717, 1.165) is 22.7 Å². The highest BCUT2D eigenvalue weighted by molar-refractivity contribution is 6.30. The van der Waals surface area contributed by atoms with Crippen LogP contribution in [0.15, 0.2) is 36.5 Å². The van der Waals surface area contributed by atoms with Crippen LogP contribution in [0.3, 0.4) is 0 Å². The molecule has 1 heterocycles. The Bertz CT molecular complexity index is 573. The van der Waals surface area contributed by atoms with Crippen LogP contribution in [-0.2, 0) is 6.42 Å². The van der Waals surface area contributed by atoms with Gasteiger partial charge in [0.1, 0.15) is 0 Å². The summed E-state index contributed by atoms with van der Waals surface area (Å²) in [6.07, 6.45) is 7.99. The van der Waals surface area contributed by atoms with Gasteiger partial charge < -0.3 is 5.73 Å². The lowest BCUT2D eigenvalue weighted by Crippen LogP contribution is -2.14. The summed E-state index contributed by atoms with van der Waals surface area (Å²) in [5, 5.41) is 5.41. The van der Waals surface area contributed by atoms with Crippen molar-refractivity contribution in [2.75, 3.05) is 0 Å². The summed E-state index contributed by atoms with van der Waals surface area (Å²) in [6, 6.07) is 10.4. The van der Waals surface area contributed by atoms with Crippen LogP contribution in [0.4, 0.5) is 0 Å². The summed E-state index contributed by atoms with van der Waals surface area (Å²) in [5.74, 6) is 0. The number of rotatable bonds is 4. The van der Waals surface area contributed by atoms with Crippen LogP contribution in [0.25, 0.3) is 0 Å². The molecule has 106 valence electrons. The van der Waals surface area contributed by atoms with Crippen LogP contribution in [-0.4, -0.2) is 9.78 Å². The van der Waals surface area contributed by atoms with Gasteiger partial charge in [0.25, 0.3) is 0 Å². The third-order valence-electron chi connectivity index (χ3n) is 4.07. The van der Waals surface area contributed by atoms with Gasteiger partial charge in [0.05, 0.1) is 11.7 Å². The predicted octanol–water partition coefficient (Wildman–Crippen LogP) is 3.89. The Hall–Kier alpha value is -1.32. The van der Waals surface area contributed by atoms with Crippen molar-refractivity contribution in [2.24, 2.45) is 5.73 Å². The molecule has 1 aromatic carbocycles. The number of hydrogen-bond acceptors (Lipinski definition) is 2. The molecule has 2 aromatic rings. The summed E-state index contributed by atoms with van der Waals surface area (Å²) in [7, 11) is 0. The molecule has 1 aliphatic rings. The van der Waals surface area contributed by atoms with Crippen molar-refractivity contribution in [3.8, 4) is 0 Å². The molecule has 0 spiro atoms. The lowest BCUT2D eigenvalue weighted by atomic mass is 10.0. The maximum absolute atomic E-state index is 6.25. The maximum Gasteiger partial charge on any atom is 0.0643 e. The Balaban J connectivity index is 1.68. The van der Waals surface area contributed by atoms with Crippen LogP contribution in [0.5, 0.6) is 0 Å². The first-order chi connectivity index (χ1) is 9.72. The largest absolute Gasteiger partial charge is 0.324 e. The Morgan fingerprint density at radius 2 is 2.10 bits per heavy atom. The molecule has 4 heteroatoms. The van der Waals surface area contributed by atoms with Crippen molar-refractivity contribution in [1.29, 1.82) is 0 Å². The Morgan fingerprint density at radius 3 is 2.85 bits per heavy atom. The molecule has 1 atom stereocenters. The smallest absolute Gasteiger partial charge is 0.0643 e. The first-order valence-electron chi connectivity index (χ1n) is 7.27. The van der Waals surface area contributed by atoms with Gasteiger partial charge in [-0.1, -0.05) is 36.6 Å². The van der Waals surface area contributed by atoms with Crippen molar-refractivity contribution in [2.45, 2.75) is 44.2 Å². The van der Waals surface area contributed by atoms with E-state index in [2.05, 4.69) is 22.0 Å². The van der Waals surface area contributed by atoms with E-state index in [1.54, 1.807) is 0 Å². The SMILES string of the molecule is NC(Cc1ccn(C2CCCC2)n1)c1cccc(Cl)c1. The summed E-state index contributed by atoms with van der Waals surface area (Å²) in [4.78, 5) is 0. The standard InChI is InChI=1S/C16H20ClN3/c17-13-5-3-4-12(10-13)16(18)11-14-8-9-20(19-14)15-6-1-2-7-15/h3-5,8-10,15-16H,1-2,6-7,11,18H2. The van der Waals surface area contributed by atoms with Gasteiger partial charge in [-0.05, 0) is 36.6 Å². The molecule has 0 amide bonds. The quantitative estimate of drug-likeness (QED) is 0.928. The highest BCUT2D eigenvalue weighted by Gasteiger charge is 2.18. The van der Waals surface area contributed by atoms with E-state index in [1.807, 2.05) is 24.3 Å². The van der Waals surface area contributed by atoms with Gasteiger partial charge in [-0.25, -0.2) is 0 Å². The molecular formula is C16H20ClN3. The van der Waals surface area contributed by atoms with Gasteiger partial charge >= 0.3 is 0 Å². The lowest BCUT2D eigenvalue weighted by molar-refractivity contribution is 0.461. The average molecular weight is 290 g/mol. The fraction of sp³-hybridized carbons (Fsp3) is 0.438. The number of aromatic nitrogens is 2. The van der Waals surface area contributed by atoms with E-state index in [-0.39, 0.29) is 6.04 Å². The molecule has 0 saturated heterocycles. The van der Waals surface area contributed by atoms with Gasteiger partial charge in [0.2, 0.25) is 0 Å². The minimum Gasteiger partial charge on any atom is -0.324 e. The molecule has 0 radical (unpaired) electrons. The topological polar surface area (TPSA) is 43.8 Å². The predicted molar refractivity (Wildman–Crippen MR) is 81.8 cm³/mol. The second kappa shape index (κ2) is 5.98. The third-order valence-corrected chi connectivity index (χ3v) is 4.30. The van der Waals surface area contributed by atoms with E-state index in [4.69, 9.17) is 17.3 Å². The van der Waals surface area contributed by atoms with Crippen molar-refractivity contribution in [1.82, 2.24) is 9.78 Å². The van der Waals surface area contributed by atoms with Crippen molar-refractivity contribution < 1.29 is 0 Å². The van der Waals surface area contributed by atoms with E-state index >= 15 is 0 Å². The molecule has 0 bridgehead atoms. The number of nitrogens with two attached hydrogens (primary N) is 1. The zero-order valence-electron chi connectivity index (χ0n) is 11.5. The summed E-state index contributed by atoms with van der Waals surface area (Å²) in [5.41, 5.74) is 8.37. The summed E-state index contributed by atoms with van der Waals surface area (Å²) >= 11 is 6.01. The van der Waals surface area contributed by atoms with Crippen molar-refractivity contribution in [3.05, 3.63) is 52.8 Å². The number of nitrogens with zero attached hydrogens (tertiary/aromatic N) is 2. The number of hydrogen-bond donors (Lipinski definition) is 1. The molecule has 2 N–H and O–H groups in total. The number of benzene rings is 1. The molecule has 1 aromatic heterocycles. The van der Waals surface area contributed by atoms with Crippen LogP contribution in [0, 0.1) is 0 Å². The molecule has 0 aliphatic heterocycles. The summed E-state index contributed by atoms with van der Waals surface area (Å²) in [6.45, 7) is 0. The highest BCUT2D eigenvalue weighted by Crippen LogP contribution is 2.29. The average Bonchev–Trinajstić information content (AvgIpc) is 3.08. The molecule has 3 rings (SSSR count). The number of halogens is 1. The van der Waals surface area contributed by atoms with E-state index in [9.17, 15) is 0 Å². The molecule has 1 aliphatic carbocycles. The fourth-order valence-corrected chi connectivity index (χ4v) is 3.14. The zero-order valence-corrected chi connectivity index (χ0v) is 12.3. The Labute approximate surface area is 124 Å². The van der Waals surface area contributed by atoms with Crippen LogP contribution >= 0.6 is 11.6 Å². The van der Waals surface area contributed by atoms with Gasteiger partial charge in [0, 0.05) is 23.7 Å². The second-order valence-electron chi connectivity index (χ2n) is 5.59. The Kier molecular flexibility index (Phi) is 4.08. The second-order valence-corrected chi connectivity index (χ2v) is 6.03. The Morgan fingerprint density at radius 1 is 1.30 bits per heavy atom. The zero-order chi connectivity index (χ0) is 13.9. The van der Waals surface area contributed by atoms with Gasteiger partial charge in [0.15, 0.2) is 0 Å². The minimum atomic E-state index is -0.0550. The maximum atomic E-state index is 6.25. The summed E-state index contributed by atoms with van der Waals surface area (Å²) < 4.78 is 2.12. The van der Waals surface area contributed by atoms with Gasteiger partial charge in [-0.2, -0.15) is 5.10 Å². The monoisotopic (exact) mass is 289 g/mol. The first kappa shape index (κ1) is 13.7. The van der Waals surface area contributed by atoms with Gasteiger partial charge in [-0.3, -0.25) is 4.68 Å². The van der Waals surface area contributed by atoms with Crippen molar-refractivity contribution in [3.63, 3.8) is 0 Å².